The Balaban J connectivity index is 1.62. The maximum absolute atomic E-state index is 11.9. The fourth-order valence-electron chi connectivity index (χ4n) is 2.25. The van der Waals surface area contributed by atoms with E-state index in [0.717, 1.165) is 11.3 Å². The number of benzene rings is 1. The lowest BCUT2D eigenvalue weighted by molar-refractivity contribution is -0.128. The Morgan fingerprint density at radius 3 is 2.72 bits per heavy atom. The van der Waals surface area contributed by atoms with Crippen LogP contribution in [0.2, 0.25) is 0 Å². The number of carbonyl (C=O) groups is 2. The summed E-state index contributed by atoms with van der Waals surface area (Å²) in [7, 11) is 0. The van der Waals surface area contributed by atoms with Crippen LogP contribution in [-0.4, -0.2) is 24.5 Å². The third kappa shape index (κ3) is 6.33. The molecule has 2 aromatic rings. The van der Waals surface area contributed by atoms with Crippen LogP contribution in [0.15, 0.2) is 47.1 Å². The molecule has 0 spiro atoms. The van der Waals surface area contributed by atoms with Crippen LogP contribution in [0, 0.1) is 6.92 Å². The number of amides is 2. The van der Waals surface area contributed by atoms with E-state index in [-0.39, 0.29) is 11.8 Å². The summed E-state index contributed by atoms with van der Waals surface area (Å²) in [4.78, 5) is 23.8. The largest absolute Gasteiger partial charge is 0.493 e. The third-order valence-corrected chi connectivity index (χ3v) is 3.69. The van der Waals surface area contributed by atoms with Gasteiger partial charge in [-0.3, -0.25) is 9.59 Å². The molecule has 0 aliphatic heterocycles. The average Bonchev–Trinajstić information content (AvgIpc) is 3.11. The molecule has 134 valence electrons. The van der Waals surface area contributed by atoms with Gasteiger partial charge in [-0.25, -0.2) is 0 Å². The number of carbonyl (C=O) groups excluding carboxylic acids is 2. The molecule has 0 bridgehead atoms. The van der Waals surface area contributed by atoms with E-state index in [1.807, 2.05) is 31.2 Å². The number of para-hydroxylation sites is 1. The predicted molar refractivity (Wildman–Crippen MR) is 94.1 cm³/mol. The Hall–Kier alpha value is -2.76. The molecule has 0 aliphatic carbocycles. The molecule has 0 saturated carbocycles. The van der Waals surface area contributed by atoms with Crippen LogP contribution < -0.4 is 15.4 Å². The average molecular weight is 344 g/mol. The Kier molecular flexibility index (Phi) is 7.07. The van der Waals surface area contributed by atoms with Gasteiger partial charge in [0, 0.05) is 6.42 Å². The Morgan fingerprint density at radius 1 is 1.20 bits per heavy atom. The van der Waals surface area contributed by atoms with E-state index >= 15 is 0 Å². The fraction of sp³-hybridized carbons (Fsp3) is 0.368. The summed E-state index contributed by atoms with van der Waals surface area (Å²) in [5.74, 6) is 1.07. The van der Waals surface area contributed by atoms with E-state index in [2.05, 4.69) is 10.6 Å². The molecule has 0 saturated heterocycles. The van der Waals surface area contributed by atoms with Crippen molar-refractivity contribution in [2.45, 2.75) is 39.3 Å². The summed E-state index contributed by atoms with van der Waals surface area (Å²) in [5.41, 5.74) is 1.06. The minimum Gasteiger partial charge on any atom is -0.493 e. The smallest absolute Gasteiger partial charge is 0.242 e. The summed E-state index contributed by atoms with van der Waals surface area (Å²) >= 11 is 0. The fourth-order valence-corrected chi connectivity index (χ4v) is 2.25. The van der Waals surface area contributed by atoms with Crippen LogP contribution >= 0.6 is 0 Å². The summed E-state index contributed by atoms with van der Waals surface area (Å²) in [5, 5.41) is 5.40. The van der Waals surface area contributed by atoms with Gasteiger partial charge >= 0.3 is 0 Å². The third-order valence-electron chi connectivity index (χ3n) is 3.69. The molecular weight excluding hydrogens is 320 g/mol. The molecule has 0 radical (unpaired) electrons. The van der Waals surface area contributed by atoms with Crippen molar-refractivity contribution in [3.8, 4) is 5.75 Å². The van der Waals surface area contributed by atoms with E-state index < -0.39 is 6.04 Å². The van der Waals surface area contributed by atoms with Crippen LogP contribution in [0.1, 0.15) is 31.1 Å². The molecule has 6 nitrogen and oxygen atoms in total. The van der Waals surface area contributed by atoms with E-state index in [1.54, 1.807) is 25.3 Å². The summed E-state index contributed by atoms with van der Waals surface area (Å²) < 4.78 is 10.8. The Morgan fingerprint density at radius 2 is 2.00 bits per heavy atom. The van der Waals surface area contributed by atoms with Gasteiger partial charge in [0.05, 0.1) is 19.4 Å². The molecule has 25 heavy (non-hydrogen) atoms. The minimum absolute atomic E-state index is 0.172. The summed E-state index contributed by atoms with van der Waals surface area (Å²) in [6.45, 7) is 4.39. The van der Waals surface area contributed by atoms with E-state index in [1.165, 1.54) is 0 Å². The molecule has 2 N–H and O–H groups in total. The van der Waals surface area contributed by atoms with Gasteiger partial charge in [0.15, 0.2) is 0 Å². The van der Waals surface area contributed by atoms with Crippen LogP contribution in [0.25, 0.3) is 0 Å². The number of rotatable bonds is 9. The van der Waals surface area contributed by atoms with Gasteiger partial charge in [0.25, 0.3) is 0 Å². The van der Waals surface area contributed by atoms with Crippen molar-refractivity contribution < 1.29 is 18.7 Å². The molecule has 2 rings (SSSR count). The van der Waals surface area contributed by atoms with Gasteiger partial charge in [-0.1, -0.05) is 18.2 Å². The first-order chi connectivity index (χ1) is 12.1. The molecule has 6 heteroatoms. The summed E-state index contributed by atoms with van der Waals surface area (Å²) in [6, 6.07) is 10.7. The minimum atomic E-state index is -0.597. The quantitative estimate of drug-likeness (QED) is 0.685. The number of hydrogen-bond donors (Lipinski definition) is 2. The van der Waals surface area contributed by atoms with Gasteiger partial charge in [-0.05, 0) is 44.0 Å². The van der Waals surface area contributed by atoms with Crippen molar-refractivity contribution in [1.29, 1.82) is 0 Å². The van der Waals surface area contributed by atoms with Crippen LogP contribution in [0.3, 0.4) is 0 Å². The lowest BCUT2D eigenvalue weighted by Gasteiger charge is -2.14. The molecule has 1 unspecified atom stereocenters. The van der Waals surface area contributed by atoms with Gasteiger partial charge < -0.3 is 19.8 Å². The first kappa shape index (κ1) is 18.6. The number of aryl methyl sites for hydroxylation is 1. The van der Waals surface area contributed by atoms with Crippen molar-refractivity contribution in [1.82, 2.24) is 10.6 Å². The molecule has 0 fully saturated rings. The highest BCUT2D eigenvalue weighted by Gasteiger charge is 2.15. The van der Waals surface area contributed by atoms with Gasteiger partial charge in [0.1, 0.15) is 17.6 Å². The van der Waals surface area contributed by atoms with Crippen LogP contribution in [0.4, 0.5) is 0 Å². The Bertz CT molecular complexity index is 682. The maximum atomic E-state index is 11.9. The SMILES string of the molecule is Cc1ccccc1OCCCC(=O)NC(C)C(=O)NCc1ccco1. The van der Waals surface area contributed by atoms with Crippen molar-refractivity contribution in [2.75, 3.05) is 6.61 Å². The second kappa shape index (κ2) is 9.52. The number of hydrogen-bond acceptors (Lipinski definition) is 4. The van der Waals surface area contributed by atoms with E-state index in [9.17, 15) is 9.59 Å². The molecule has 0 aliphatic rings. The maximum Gasteiger partial charge on any atom is 0.242 e. The highest BCUT2D eigenvalue weighted by Crippen LogP contribution is 2.16. The van der Waals surface area contributed by atoms with Gasteiger partial charge in [-0.2, -0.15) is 0 Å². The van der Waals surface area contributed by atoms with Gasteiger partial charge in [0.2, 0.25) is 11.8 Å². The zero-order valence-electron chi connectivity index (χ0n) is 14.6. The lowest BCUT2D eigenvalue weighted by Crippen LogP contribution is -2.44. The van der Waals surface area contributed by atoms with Crippen molar-refractivity contribution in [3.63, 3.8) is 0 Å². The second-order valence-corrected chi connectivity index (χ2v) is 5.80. The zero-order valence-corrected chi connectivity index (χ0v) is 14.6. The number of furan rings is 1. The first-order valence-electron chi connectivity index (χ1n) is 8.34. The lowest BCUT2D eigenvalue weighted by atomic mass is 10.2. The normalized spacial score (nSPS) is 11.6. The van der Waals surface area contributed by atoms with Crippen molar-refractivity contribution in [3.05, 3.63) is 54.0 Å². The molecule has 1 atom stereocenters. The van der Waals surface area contributed by atoms with Crippen LogP contribution in [0.5, 0.6) is 5.75 Å². The molecule has 2 amide bonds. The van der Waals surface area contributed by atoms with Crippen molar-refractivity contribution >= 4 is 11.8 Å². The molecule has 1 aromatic heterocycles. The number of nitrogens with one attached hydrogen (secondary N) is 2. The second-order valence-electron chi connectivity index (χ2n) is 5.80. The summed E-state index contributed by atoms with van der Waals surface area (Å²) in [6.07, 6.45) is 2.44. The molecular formula is C19H24N2O4. The van der Waals surface area contributed by atoms with E-state index in [4.69, 9.17) is 9.15 Å². The topological polar surface area (TPSA) is 80.6 Å². The zero-order chi connectivity index (χ0) is 18.1. The standard InChI is InChI=1S/C19H24N2O4/c1-14-7-3-4-9-17(14)25-12-6-10-18(22)21-15(2)19(23)20-13-16-8-5-11-24-16/h3-5,7-9,11,15H,6,10,12-13H2,1-2H3,(H,20,23)(H,21,22). The molecule has 1 heterocycles. The first-order valence-corrected chi connectivity index (χ1v) is 8.34. The molecule has 1 aromatic carbocycles. The number of ether oxygens (including phenoxy) is 1. The highest BCUT2D eigenvalue weighted by molar-refractivity contribution is 5.87. The highest BCUT2D eigenvalue weighted by atomic mass is 16.5. The predicted octanol–water partition coefficient (Wildman–Crippen LogP) is 2.57. The monoisotopic (exact) mass is 344 g/mol. The van der Waals surface area contributed by atoms with Gasteiger partial charge in [-0.15, -0.1) is 0 Å². The van der Waals surface area contributed by atoms with Crippen LogP contribution in [-0.2, 0) is 16.1 Å². The van der Waals surface area contributed by atoms with Crippen molar-refractivity contribution in [2.24, 2.45) is 0 Å². The Labute approximate surface area is 147 Å². The van der Waals surface area contributed by atoms with E-state index in [0.29, 0.717) is 31.8 Å².